The van der Waals surface area contributed by atoms with Gasteiger partial charge in [-0.25, -0.2) is 0 Å². The van der Waals surface area contributed by atoms with Crippen LogP contribution in [0.15, 0.2) is 30.3 Å². The van der Waals surface area contributed by atoms with E-state index in [9.17, 15) is 0 Å². The largest absolute Gasteiger partial charge is 0.368 e. The van der Waals surface area contributed by atoms with Gasteiger partial charge >= 0.3 is 0 Å². The van der Waals surface area contributed by atoms with Crippen LogP contribution in [0.4, 0.5) is 0 Å². The van der Waals surface area contributed by atoms with E-state index in [-0.39, 0.29) is 18.3 Å². The lowest BCUT2D eigenvalue weighted by atomic mass is 10.0. The summed E-state index contributed by atoms with van der Waals surface area (Å²) in [5.41, 5.74) is 1.13. The number of terminal acetylenes is 1. The Bertz CT molecular complexity index is 461. The Labute approximate surface area is 121 Å². The molecule has 0 amide bonds. The summed E-state index contributed by atoms with van der Waals surface area (Å²) in [5, 5.41) is 0. The molecule has 1 aromatic carbocycles. The normalized spacial score (nSPS) is 28.8. The molecule has 0 unspecified atom stereocenters. The minimum Gasteiger partial charge on any atom is -0.368 e. The summed E-state index contributed by atoms with van der Waals surface area (Å²) in [5.74, 6) is 2.05. The molecule has 2 rings (SSSR count). The lowest BCUT2D eigenvalue weighted by Gasteiger charge is -2.44. The number of hydrogen-bond donors (Lipinski definition) is 0. The van der Waals surface area contributed by atoms with Crippen molar-refractivity contribution in [2.24, 2.45) is 0 Å². The predicted molar refractivity (Wildman–Crippen MR) is 78.0 cm³/mol. The van der Waals surface area contributed by atoms with Crippen molar-refractivity contribution in [3.05, 3.63) is 35.9 Å². The van der Waals surface area contributed by atoms with E-state index in [0.717, 1.165) is 5.56 Å². The van der Waals surface area contributed by atoms with Gasteiger partial charge < -0.3 is 14.2 Å². The number of hydrogen-bond acceptors (Lipinski definition) is 3. The molecule has 108 valence electrons. The SMILES string of the molecule is C#CC[C@H]1OC(C)(C)O[C@@H](C)[C@H]1OCc1ccccc1. The van der Waals surface area contributed by atoms with Crippen LogP contribution in [0.3, 0.4) is 0 Å². The van der Waals surface area contributed by atoms with Crippen LogP contribution in [0.1, 0.15) is 32.8 Å². The molecule has 0 aromatic heterocycles. The predicted octanol–water partition coefficient (Wildman–Crippen LogP) is 3.14. The summed E-state index contributed by atoms with van der Waals surface area (Å²) in [7, 11) is 0. The van der Waals surface area contributed by atoms with E-state index in [1.165, 1.54) is 0 Å². The van der Waals surface area contributed by atoms with Crippen LogP contribution in [-0.2, 0) is 20.8 Å². The van der Waals surface area contributed by atoms with E-state index >= 15 is 0 Å². The van der Waals surface area contributed by atoms with E-state index < -0.39 is 5.79 Å². The lowest BCUT2D eigenvalue weighted by molar-refractivity contribution is -0.334. The van der Waals surface area contributed by atoms with Crippen molar-refractivity contribution in [3.63, 3.8) is 0 Å². The summed E-state index contributed by atoms with van der Waals surface area (Å²) in [6.45, 7) is 6.34. The Morgan fingerprint density at radius 3 is 2.60 bits per heavy atom. The molecule has 3 atom stereocenters. The van der Waals surface area contributed by atoms with Crippen LogP contribution in [0.2, 0.25) is 0 Å². The first-order valence-electron chi connectivity index (χ1n) is 6.96. The van der Waals surface area contributed by atoms with Gasteiger partial charge in [0.15, 0.2) is 5.79 Å². The number of benzene rings is 1. The molecule has 0 bridgehead atoms. The highest BCUT2D eigenvalue weighted by atomic mass is 16.7. The van der Waals surface area contributed by atoms with E-state index in [0.29, 0.717) is 13.0 Å². The maximum atomic E-state index is 5.99. The Hall–Kier alpha value is -1.34. The fourth-order valence-electron chi connectivity index (χ4n) is 2.56. The monoisotopic (exact) mass is 274 g/mol. The highest BCUT2D eigenvalue weighted by Crippen LogP contribution is 2.30. The summed E-state index contributed by atoms with van der Waals surface area (Å²) >= 11 is 0. The molecule has 1 saturated heterocycles. The van der Waals surface area contributed by atoms with Gasteiger partial charge in [-0.3, -0.25) is 0 Å². The molecule has 3 nitrogen and oxygen atoms in total. The Morgan fingerprint density at radius 1 is 1.25 bits per heavy atom. The minimum absolute atomic E-state index is 0.0548. The summed E-state index contributed by atoms with van der Waals surface area (Å²) in [4.78, 5) is 0. The van der Waals surface area contributed by atoms with Gasteiger partial charge in [0.1, 0.15) is 12.2 Å². The van der Waals surface area contributed by atoms with Crippen molar-refractivity contribution < 1.29 is 14.2 Å². The number of rotatable bonds is 4. The standard InChI is InChI=1S/C17H22O3/c1-5-9-15-16(13(2)19-17(3,4)20-15)18-12-14-10-7-6-8-11-14/h1,6-8,10-11,13,15-16H,9,12H2,2-4H3/t13-,15+,16+/m0/s1. The number of ether oxygens (including phenoxy) is 3. The Morgan fingerprint density at radius 2 is 1.95 bits per heavy atom. The summed E-state index contributed by atoms with van der Waals surface area (Å²) < 4.78 is 17.7. The van der Waals surface area contributed by atoms with Gasteiger partial charge in [0.05, 0.1) is 12.7 Å². The fraction of sp³-hybridized carbons (Fsp3) is 0.529. The van der Waals surface area contributed by atoms with Crippen molar-refractivity contribution in [3.8, 4) is 12.3 Å². The Balaban J connectivity index is 2.02. The minimum atomic E-state index is -0.618. The van der Waals surface area contributed by atoms with Gasteiger partial charge in [0.25, 0.3) is 0 Å². The van der Waals surface area contributed by atoms with Gasteiger partial charge in [0, 0.05) is 6.42 Å². The zero-order valence-electron chi connectivity index (χ0n) is 12.3. The van der Waals surface area contributed by atoms with Gasteiger partial charge in [-0.05, 0) is 26.3 Å². The molecule has 1 aliphatic heterocycles. The molecule has 3 heteroatoms. The third kappa shape index (κ3) is 3.83. The second-order valence-electron chi connectivity index (χ2n) is 5.55. The maximum absolute atomic E-state index is 5.99. The van der Waals surface area contributed by atoms with E-state index in [1.54, 1.807) is 0 Å². The molecule has 1 aliphatic rings. The van der Waals surface area contributed by atoms with Crippen LogP contribution in [0.5, 0.6) is 0 Å². The second-order valence-corrected chi connectivity index (χ2v) is 5.55. The summed E-state index contributed by atoms with van der Waals surface area (Å²) in [6.07, 6.45) is 5.62. The molecule has 0 aliphatic carbocycles. The molecule has 0 radical (unpaired) electrons. The van der Waals surface area contributed by atoms with Gasteiger partial charge in [0.2, 0.25) is 0 Å². The van der Waals surface area contributed by atoms with Crippen molar-refractivity contribution in [1.82, 2.24) is 0 Å². The molecule has 1 aromatic rings. The van der Waals surface area contributed by atoms with E-state index in [4.69, 9.17) is 20.6 Å². The Kier molecular flexibility index (Phi) is 4.82. The molecular formula is C17H22O3. The molecule has 0 N–H and O–H groups in total. The molecule has 20 heavy (non-hydrogen) atoms. The molecule has 1 fully saturated rings. The average Bonchev–Trinajstić information content (AvgIpc) is 2.38. The topological polar surface area (TPSA) is 27.7 Å². The van der Waals surface area contributed by atoms with Crippen molar-refractivity contribution >= 4 is 0 Å². The van der Waals surface area contributed by atoms with Crippen LogP contribution >= 0.6 is 0 Å². The van der Waals surface area contributed by atoms with Crippen LogP contribution in [0.25, 0.3) is 0 Å². The quantitative estimate of drug-likeness (QED) is 0.789. The second kappa shape index (κ2) is 6.41. The van der Waals surface area contributed by atoms with Gasteiger partial charge in [-0.1, -0.05) is 30.3 Å². The highest BCUT2D eigenvalue weighted by Gasteiger charge is 2.41. The first kappa shape index (κ1) is 15.1. The third-order valence-corrected chi connectivity index (χ3v) is 3.34. The van der Waals surface area contributed by atoms with E-state index in [1.807, 2.05) is 51.1 Å². The summed E-state index contributed by atoms with van der Waals surface area (Å²) in [6, 6.07) is 10.1. The van der Waals surface area contributed by atoms with Crippen LogP contribution in [-0.4, -0.2) is 24.1 Å². The van der Waals surface area contributed by atoms with E-state index in [2.05, 4.69) is 5.92 Å². The van der Waals surface area contributed by atoms with Gasteiger partial charge in [-0.2, -0.15) is 0 Å². The smallest absolute Gasteiger partial charge is 0.163 e. The molecule has 0 spiro atoms. The first-order chi connectivity index (χ1) is 9.52. The van der Waals surface area contributed by atoms with Crippen LogP contribution < -0.4 is 0 Å². The van der Waals surface area contributed by atoms with Crippen molar-refractivity contribution in [2.45, 2.75) is 57.9 Å². The van der Waals surface area contributed by atoms with Crippen molar-refractivity contribution in [2.75, 3.05) is 0 Å². The van der Waals surface area contributed by atoms with Crippen LogP contribution in [0, 0.1) is 12.3 Å². The highest BCUT2D eigenvalue weighted by molar-refractivity contribution is 5.13. The van der Waals surface area contributed by atoms with Crippen molar-refractivity contribution in [1.29, 1.82) is 0 Å². The average molecular weight is 274 g/mol. The first-order valence-corrected chi connectivity index (χ1v) is 6.96. The molecule has 1 heterocycles. The lowest BCUT2D eigenvalue weighted by Crippen LogP contribution is -2.54. The molecular weight excluding hydrogens is 252 g/mol. The van der Waals surface area contributed by atoms with Gasteiger partial charge in [-0.15, -0.1) is 12.3 Å². The maximum Gasteiger partial charge on any atom is 0.163 e. The fourth-order valence-corrected chi connectivity index (χ4v) is 2.56. The zero-order valence-corrected chi connectivity index (χ0v) is 12.3. The third-order valence-electron chi connectivity index (χ3n) is 3.34. The molecule has 0 saturated carbocycles. The zero-order chi connectivity index (χ0) is 14.6.